The zero-order chi connectivity index (χ0) is 14.4. The predicted molar refractivity (Wildman–Crippen MR) is 88.5 cm³/mol. The zero-order valence-corrected chi connectivity index (χ0v) is 13.5. The van der Waals surface area contributed by atoms with Gasteiger partial charge in [0, 0.05) is 5.88 Å². The molecule has 0 radical (unpaired) electrons. The molecular formula is C18H25Cl. The highest BCUT2D eigenvalue weighted by Gasteiger charge is 2.15. The van der Waals surface area contributed by atoms with Crippen molar-refractivity contribution in [1.82, 2.24) is 0 Å². The maximum atomic E-state index is 6.11. The van der Waals surface area contributed by atoms with E-state index in [4.69, 9.17) is 11.6 Å². The average molecular weight is 277 g/mol. The standard InChI is InChI=1S/C16H19Cl.C2H6/c1-4-13(10-17)16-12(3)9-11(2)14-7-5-6-8-15(14)16;1-2/h5-9,13H,4,10H2,1-3H3;1-2H3. The first-order valence-electron chi connectivity index (χ1n) is 7.23. The van der Waals surface area contributed by atoms with Gasteiger partial charge in [-0.3, -0.25) is 0 Å². The normalized spacial score (nSPS) is 11.9. The van der Waals surface area contributed by atoms with Gasteiger partial charge in [-0.15, -0.1) is 11.6 Å². The highest BCUT2D eigenvalue weighted by molar-refractivity contribution is 6.18. The maximum Gasteiger partial charge on any atom is 0.0292 e. The fourth-order valence-corrected chi connectivity index (χ4v) is 3.06. The molecule has 2 aromatic rings. The van der Waals surface area contributed by atoms with Crippen LogP contribution < -0.4 is 0 Å². The number of hydrogen-bond acceptors (Lipinski definition) is 0. The van der Waals surface area contributed by atoms with Crippen molar-refractivity contribution < 1.29 is 0 Å². The molecule has 0 aliphatic heterocycles. The van der Waals surface area contributed by atoms with E-state index in [1.165, 1.54) is 27.5 Å². The van der Waals surface area contributed by atoms with Crippen molar-refractivity contribution in [2.75, 3.05) is 5.88 Å². The van der Waals surface area contributed by atoms with E-state index in [0.29, 0.717) is 11.8 Å². The molecule has 0 aliphatic rings. The molecule has 0 bridgehead atoms. The summed E-state index contributed by atoms with van der Waals surface area (Å²) in [5, 5.41) is 2.73. The number of hydrogen-bond donors (Lipinski definition) is 0. The largest absolute Gasteiger partial charge is 0.126 e. The maximum absolute atomic E-state index is 6.11. The summed E-state index contributed by atoms with van der Waals surface area (Å²) in [4.78, 5) is 0. The van der Waals surface area contributed by atoms with Gasteiger partial charge in [0.2, 0.25) is 0 Å². The van der Waals surface area contributed by atoms with Crippen molar-refractivity contribution >= 4 is 22.4 Å². The first kappa shape index (κ1) is 16.0. The van der Waals surface area contributed by atoms with Crippen LogP contribution in [-0.4, -0.2) is 5.88 Å². The van der Waals surface area contributed by atoms with Crippen LogP contribution in [0, 0.1) is 13.8 Å². The molecule has 19 heavy (non-hydrogen) atoms. The van der Waals surface area contributed by atoms with Gasteiger partial charge in [0.1, 0.15) is 0 Å². The third kappa shape index (κ3) is 3.30. The summed E-state index contributed by atoms with van der Waals surface area (Å²) >= 11 is 6.11. The molecule has 0 nitrogen and oxygen atoms in total. The second-order valence-corrected chi connectivity index (χ2v) is 5.04. The van der Waals surface area contributed by atoms with Crippen LogP contribution in [0.2, 0.25) is 0 Å². The Morgan fingerprint density at radius 1 is 1.00 bits per heavy atom. The van der Waals surface area contributed by atoms with E-state index in [2.05, 4.69) is 51.1 Å². The molecule has 0 aromatic heterocycles. The van der Waals surface area contributed by atoms with Gasteiger partial charge in [-0.2, -0.15) is 0 Å². The van der Waals surface area contributed by atoms with Gasteiger partial charge in [-0.05, 0) is 53.6 Å². The van der Waals surface area contributed by atoms with Gasteiger partial charge in [0.25, 0.3) is 0 Å². The molecule has 0 heterocycles. The smallest absolute Gasteiger partial charge is 0.0292 e. The molecule has 0 aliphatic carbocycles. The molecule has 1 unspecified atom stereocenters. The minimum absolute atomic E-state index is 0.460. The quantitative estimate of drug-likeness (QED) is 0.584. The van der Waals surface area contributed by atoms with Crippen molar-refractivity contribution in [3.63, 3.8) is 0 Å². The van der Waals surface area contributed by atoms with E-state index in [9.17, 15) is 0 Å². The second-order valence-electron chi connectivity index (χ2n) is 4.73. The topological polar surface area (TPSA) is 0 Å². The second kappa shape index (κ2) is 7.55. The van der Waals surface area contributed by atoms with Crippen LogP contribution in [0.1, 0.15) is 49.8 Å². The van der Waals surface area contributed by atoms with Crippen LogP contribution in [0.25, 0.3) is 10.8 Å². The first-order valence-corrected chi connectivity index (χ1v) is 7.77. The highest BCUT2D eigenvalue weighted by atomic mass is 35.5. The van der Waals surface area contributed by atoms with E-state index >= 15 is 0 Å². The van der Waals surface area contributed by atoms with Gasteiger partial charge >= 0.3 is 0 Å². The van der Waals surface area contributed by atoms with Gasteiger partial charge in [-0.25, -0.2) is 0 Å². The number of fused-ring (bicyclic) bond motifs is 1. The summed E-state index contributed by atoms with van der Waals surface area (Å²) in [7, 11) is 0. The summed E-state index contributed by atoms with van der Waals surface area (Å²) in [5.74, 6) is 1.16. The Labute approximate surface area is 122 Å². The third-order valence-corrected chi connectivity index (χ3v) is 3.96. The van der Waals surface area contributed by atoms with Crippen LogP contribution in [0.3, 0.4) is 0 Å². The van der Waals surface area contributed by atoms with Crippen molar-refractivity contribution in [3.8, 4) is 0 Å². The van der Waals surface area contributed by atoms with Crippen LogP contribution in [0.15, 0.2) is 30.3 Å². The molecule has 2 rings (SSSR count). The van der Waals surface area contributed by atoms with E-state index in [-0.39, 0.29) is 0 Å². The zero-order valence-electron chi connectivity index (χ0n) is 12.8. The lowest BCUT2D eigenvalue weighted by Gasteiger charge is -2.19. The number of rotatable bonds is 3. The number of aryl methyl sites for hydroxylation is 2. The molecule has 1 heteroatoms. The average Bonchev–Trinajstić information content (AvgIpc) is 2.45. The van der Waals surface area contributed by atoms with Gasteiger partial charge in [0.15, 0.2) is 0 Å². The molecule has 0 saturated heterocycles. The van der Waals surface area contributed by atoms with E-state index < -0.39 is 0 Å². The lowest BCUT2D eigenvalue weighted by Crippen LogP contribution is -2.03. The van der Waals surface area contributed by atoms with Crippen LogP contribution in [0.4, 0.5) is 0 Å². The Kier molecular flexibility index (Phi) is 6.37. The lowest BCUT2D eigenvalue weighted by atomic mass is 9.87. The summed E-state index contributed by atoms with van der Waals surface area (Å²) < 4.78 is 0. The Bertz CT molecular complexity index is 524. The van der Waals surface area contributed by atoms with E-state index in [1.54, 1.807) is 0 Å². The first-order chi connectivity index (χ1) is 9.19. The van der Waals surface area contributed by atoms with Gasteiger partial charge in [0.05, 0.1) is 0 Å². The fourth-order valence-electron chi connectivity index (χ4n) is 2.69. The number of alkyl halides is 1. The molecular weight excluding hydrogens is 252 g/mol. The minimum atomic E-state index is 0.460. The lowest BCUT2D eigenvalue weighted by molar-refractivity contribution is 0.741. The van der Waals surface area contributed by atoms with E-state index in [1.807, 2.05) is 13.8 Å². The molecule has 104 valence electrons. The van der Waals surface area contributed by atoms with Gasteiger partial charge in [-0.1, -0.05) is 51.1 Å². The fraction of sp³-hybridized carbons (Fsp3) is 0.444. The molecule has 0 saturated carbocycles. The van der Waals surface area contributed by atoms with Crippen molar-refractivity contribution in [2.45, 2.75) is 47.0 Å². The van der Waals surface area contributed by atoms with Crippen LogP contribution in [-0.2, 0) is 0 Å². The third-order valence-electron chi connectivity index (χ3n) is 3.59. The molecule has 0 N–H and O–H groups in total. The van der Waals surface area contributed by atoms with Crippen molar-refractivity contribution in [2.24, 2.45) is 0 Å². The molecule has 2 aromatic carbocycles. The molecule has 0 spiro atoms. The van der Waals surface area contributed by atoms with Gasteiger partial charge < -0.3 is 0 Å². The molecule has 0 amide bonds. The SMILES string of the molecule is CC.CCC(CCl)c1c(C)cc(C)c2ccccc12. The van der Waals surface area contributed by atoms with Crippen LogP contribution in [0.5, 0.6) is 0 Å². The Hall–Kier alpha value is -1.01. The molecule has 1 atom stereocenters. The Morgan fingerprint density at radius 3 is 2.11 bits per heavy atom. The number of benzene rings is 2. The predicted octanol–water partition coefficient (Wildman–Crippen LogP) is 6.22. The number of halogens is 1. The summed E-state index contributed by atoms with van der Waals surface area (Å²) in [6.45, 7) is 10.6. The van der Waals surface area contributed by atoms with Crippen molar-refractivity contribution in [1.29, 1.82) is 0 Å². The monoisotopic (exact) mass is 276 g/mol. The van der Waals surface area contributed by atoms with E-state index in [0.717, 1.165) is 6.42 Å². The Balaban J connectivity index is 0.000000861. The van der Waals surface area contributed by atoms with Crippen LogP contribution >= 0.6 is 11.6 Å². The summed E-state index contributed by atoms with van der Waals surface area (Å²) in [6.07, 6.45) is 1.09. The van der Waals surface area contributed by atoms with Crippen molar-refractivity contribution in [3.05, 3.63) is 47.0 Å². The summed E-state index contributed by atoms with van der Waals surface area (Å²) in [6, 6.07) is 10.9. The summed E-state index contributed by atoms with van der Waals surface area (Å²) in [5.41, 5.74) is 4.16. The highest BCUT2D eigenvalue weighted by Crippen LogP contribution is 2.33. The minimum Gasteiger partial charge on any atom is -0.126 e. The molecule has 0 fully saturated rings. The Morgan fingerprint density at radius 2 is 1.58 bits per heavy atom.